The van der Waals surface area contributed by atoms with Gasteiger partial charge in [0.1, 0.15) is 11.5 Å². The Hall–Kier alpha value is -2.03. The molecular weight excluding hydrogens is 216 g/mol. The number of aldehydes is 1. The predicted molar refractivity (Wildman–Crippen MR) is 63.2 cm³/mol. The molecule has 1 fully saturated rings. The lowest BCUT2D eigenvalue weighted by Gasteiger charge is -2.04. The van der Waals surface area contributed by atoms with Gasteiger partial charge in [0, 0.05) is 5.56 Å². The SMILES string of the molecule is O=Cc1ccc(-c2ccc(OC3CC3)cc2)o1. The predicted octanol–water partition coefficient (Wildman–Crippen LogP) is 3.30. The molecule has 1 aromatic heterocycles. The minimum Gasteiger partial charge on any atom is -0.490 e. The summed E-state index contributed by atoms with van der Waals surface area (Å²) >= 11 is 0. The molecule has 1 aromatic carbocycles. The molecule has 0 radical (unpaired) electrons. The highest BCUT2D eigenvalue weighted by Crippen LogP contribution is 2.29. The van der Waals surface area contributed by atoms with Gasteiger partial charge < -0.3 is 9.15 Å². The van der Waals surface area contributed by atoms with E-state index in [2.05, 4.69) is 0 Å². The van der Waals surface area contributed by atoms with Crippen molar-refractivity contribution < 1.29 is 13.9 Å². The molecule has 2 aromatic rings. The first kappa shape index (κ1) is 10.1. The van der Waals surface area contributed by atoms with Gasteiger partial charge in [0.05, 0.1) is 6.10 Å². The highest BCUT2D eigenvalue weighted by Gasteiger charge is 2.23. The first-order chi connectivity index (χ1) is 8.35. The summed E-state index contributed by atoms with van der Waals surface area (Å²) in [7, 11) is 0. The summed E-state index contributed by atoms with van der Waals surface area (Å²) in [5.41, 5.74) is 0.946. The van der Waals surface area contributed by atoms with E-state index in [4.69, 9.17) is 9.15 Å². The van der Waals surface area contributed by atoms with Crippen LogP contribution in [0.4, 0.5) is 0 Å². The second kappa shape index (κ2) is 4.09. The quantitative estimate of drug-likeness (QED) is 0.754. The summed E-state index contributed by atoms with van der Waals surface area (Å²) in [5, 5.41) is 0. The molecule has 3 heteroatoms. The maximum absolute atomic E-state index is 10.5. The van der Waals surface area contributed by atoms with Crippen LogP contribution in [0.25, 0.3) is 11.3 Å². The molecule has 0 amide bonds. The lowest BCUT2D eigenvalue weighted by molar-refractivity contribution is 0.110. The van der Waals surface area contributed by atoms with Crippen molar-refractivity contribution in [2.24, 2.45) is 0 Å². The molecule has 0 bridgehead atoms. The third kappa shape index (κ3) is 2.23. The molecule has 17 heavy (non-hydrogen) atoms. The van der Waals surface area contributed by atoms with E-state index in [1.54, 1.807) is 12.1 Å². The average Bonchev–Trinajstić information content (AvgIpc) is 3.05. The molecule has 3 nitrogen and oxygen atoms in total. The summed E-state index contributed by atoms with van der Waals surface area (Å²) in [4.78, 5) is 10.5. The number of furan rings is 1. The van der Waals surface area contributed by atoms with Gasteiger partial charge >= 0.3 is 0 Å². The van der Waals surface area contributed by atoms with Crippen molar-refractivity contribution >= 4 is 6.29 Å². The van der Waals surface area contributed by atoms with Gasteiger partial charge in [0.15, 0.2) is 12.0 Å². The van der Waals surface area contributed by atoms with Crippen molar-refractivity contribution in [3.05, 3.63) is 42.2 Å². The van der Waals surface area contributed by atoms with Crippen LogP contribution in [0.2, 0.25) is 0 Å². The van der Waals surface area contributed by atoms with Crippen molar-refractivity contribution in [2.75, 3.05) is 0 Å². The highest BCUT2D eigenvalue weighted by molar-refractivity contribution is 5.72. The molecule has 0 atom stereocenters. The summed E-state index contributed by atoms with van der Waals surface area (Å²) in [6, 6.07) is 11.2. The van der Waals surface area contributed by atoms with Gasteiger partial charge in [0.2, 0.25) is 0 Å². The van der Waals surface area contributed by atoms with Crippen molar-refractivity contribution in [1.29, 1.82) is 0 Å². The van der Waals surface area contributed by atoms with Gasteiger partial charge in [-0.2, -0.15) is 0 Å². The maximum Gasteiger partial charge on any atom is 0.185 e. The molecule has 0 aliphatic heterocycles. The lowest BCUT2D eigenvalue weighted by atomic mass is 10.2. The van der Waals surface area contributed by atoms with Crippen LogP contribution in [0.1, 0.15) is 23.4 Å². The number of rotatable bonds is 4. The second-order valence-corrected chi connectivity index (χ2v) is 4.16. The Morgan fingerprint density at radius 2 is 1.88 bits per heavy atom. The van der Waals surface area contributed by atoms with E-state index in [1.165, 1.54) is 0 Å². The van der Waals surface area contributed by atoms with Crippen LogP contribution in [0.3, 0.4) is 0 Å². The summed E-state index contributed by atoms with van der Waals surface area (Å²) in [6.45, 7) is 0. The van der Waals surface area contributed by atoms with E-state index < -0.39 is 0 Å². The van der Waals surface area contributed by atoms with Crippen molar-refractivity contribution in [3.8, 4) is 17.1 Å². The molecule has 1 saturated carbocycles. The Balaban J connectivity index is 1.80. The van der Waals surface area contributed by atoms with Crippen LogP contribution in [0.5, 0.6) is 5.75 Å². The van der Waals surface area contributed by atoms with E-state index in [0.717, 1.165) is 24.2 Å². The van der Waals surface area contributed by atoms with Crippen LogP contribution in [-0.2, 0) is 0 Å². The number of carbonyl (C=O) groups excluding carboxylic acids is 1. The Morgan fingerprint density at radius 1 is 1.12 bits per heavy atom. The van der Waals surface area contributed by atoms with E-state index in [1.807, 2.05) is 24.3 Å². The van der Waals surface area contributed by atoms with Crippen LogP contribution in [0.15, 0.2) is 40.8 Å². The largest absolute Gasteiger partial charge is 0.490 e. The molecule has 0 saturated heterocycles. The molecule has 3 rings (SSSR count). The molecule has 0 unspecified atom stereocenters. The van der Waals surface area contributed by atoms with Gasteiger partial charge in [-0.25, -0.2) is 0 Å². The smallest absolute Gasteiger partial charge is 0.185 e. The van der Waals surface area contributed by atoms with Crippen LogP contribution < -0.4 is 4.74 Å². The van der Waals surface area contributed by atoms with E-state index in [-0.39, 0.29) is 0 Å². The van der Waals surface area contributed by atoms with Gasteiger partial charge in [0.25, 0.3) is 0 Å². The minimum atomic E-state index is 0.346. The summed E-state index contributed by atoms with van der Waals surface area (Å²) in [5.74, 6) is 1.93. The molecule has 0 spiro atoms. The highest BCUT2D eigenvalue weighted by atomic mass is 16.5. The maximum atomic E-state index is 10.5. The van der Waals surface area contributed by atoms with Gasteiger partial charge in [-0.1, -0.05) is 0 Å². The Kier molecular flexibility index (Phi) is 2.44. The first-order valence-corrected chi connectivity index (χ1v) is 5.67. The van der Waals surface area contributed by atoms with Crippen LogP contribution >= 0.6 is 0 Å². The molecule has 1 aliphatic carbocycles. The zero-order valence-corrected chi connectivity index (χ0v) is 9.26. The van der Waals surface area contributed by atoms with Crippen LogP contribution in [-0.4, -0.2) is 12.4 Å². The fraction of sp³-hybridized carbons (Fsp3) is 0.214. The van der Waals surface area contributed by atoms with Crippen LogP contribution in [0, 0.1) is 0 Å². The standard InChI is InChI=1S/C14H12O3/c15-9-13-7-8-14(17-13)10-1-3-11(4-2-10)16-12-5-6-12/h1-4,7-9,12H,5-6H2. The fourth-order valence-electron chi connectivity index (χ4n) is 1.65. The number of benzene rings is 1. The Labute approximate surface area is 99.0 Å². The summed E-state index contributed by atoms with van der Waals surface area (Å²) in [6.07, 6.45) is 3.42. The van der Waals surface area contributed by atoms with Crippen molar-refractivity contribution in [1.82, 2.24) is 0 Å². The van der Waals surface area contributed by atoms with Crippen molar-refractivity contribution in [2.45, 2.75) is 18.9 Å². The number of carbonyl (C=O) groups is 1. The fourth-order valence-corrected chi connectivity index (χ4v) is 1.65. The topological polar surface area (TPSA) is 39.4 Å². The zero-order chi connectivity index (χ0) is 11.7. The third-order valence-electron chi connectivity index (χ3n) is 2.71. The van der Waals surface area contributed by atoms with Gasteiger partial charge in [-0.3, -0.25) is 4.79 Å². The van der Waals surface area contributed by atoms with Crippen molar-refractivity contribution in [3.63, 3.8) is 0 Å². The van der Waals surface area contributed by atoms with E-state index >= 15 is 0 Å². The zero-order valence-electron chi connectivity index (χ0n) is 9.26. The molecule has 1 aliphatic rings. The normalized spacial score (nSPS) is 14.6. The molecule has 0 N–H and O–H groups in total. The minimum absolute atomic E-state index is 0.346. The Morgan fingerprint density at radius 3 is 2.47 bits per heavy atom. The molecule has 86 valence electrons. The second-order valence-electron chi connectivity index (χ2n) is 4.16. The third-order valence-corrected chi connectivity index (χ3v) is 2.71. The molecular formula is C14H12O3. The van der Waals surface area contributed by atoms with E-state index in [9.17, 15) is 4.79 Å². The van der Waals surface area contributed by atoms with E-state index in [0.29, 0.717) is 23.9 Å². The Bertz CT molecular complexity index is 521. The number of hydrogen-bond acceptors (Lipinski definition) is 3. The lowest BCUT2D eigenvalue weighted by Crippen LogP contribution is -1.94. The molecule has 1 heterocycles. The van der Waals surface area contributed by atoms with Gasteiger partial charge in [-0.05, 0) is 49.2 Å². The summed E-state index contributed by atoms with van der Waals surface area (Å²) < 4.78 is 11.0. The average molecular weight is 228 g/mol. The number of hydrogen-bond donors (Lipinski definition) is 0. The monoisotopic (exact) mass is 228 g/mol. The first-order valence-electron chi connectivity index (χ1n) is 5.67. The number of ether oxygens (including phenoxy) is 1. The van der Waals surface area contributed by atoms with Gasteiger partial charge in [-0.15, -0.1) is 0 Å².